The highest BCUT2D eigenvalue weighted by Gasteiger charge is 2.33. The van der Waals surface area contributed by atoms with Gasteiger partial charge in [0.1, 0.15) is 6.04 Å². The van der Waals surface area contributed by atoms with E-state index in [-0.39, 0.29) is 11.9 Å². The first-order valence-corrected chi connectivity index (χ1v) is 10.3. The monoisotopic (exact) mass is 384 g/mol. The van der Waals surface area contributed by atoms with E-state index >= 15 is 0 Å². The molecule has 1 amide bonds. The predicted molar refractivity (Wildman–Crippen MR) is 113 cm³/mol. The normalized spacial score (nSPS) is 15.6. The van der Waals surface area contributed by atoms with Crippen molar-refractivity contribution < 1.29 is 4.79 Å². The van der Waals surface area contributed by atoms with Crippen LogP contribution in [0.1, 0.15) is 38.1 Å². The van der Waals surface area contributed by atoms with Crippen molar-refractivity contribution in [2.45, 2.75) is 19.5 Å². The number of aryl methyl sites for hydroxylation is 1. The Bertz CT molecular complexity index is 1140. The lowest BCUT2D eigenvalue weighted by atomic mass is 10.1. The lowest BCUT2D eigenvalue weighted by molar-refractivity contribution is 0.0693. The van der Waals surface area contributed by atoms with Gasteiger partial charge in [-0.1, -0.05) is 42.0 Å². The van der Waals surface area contributed by atoms with Gasteiger partial charge >= 0.3 is 0 Å². The molecule has 4 aromatic rings. The van der Waals surface area contributed by atoms with E-state index in [1.807, 2.05) is 42.2 Å². The smallest absolute Gasteiger partial charge is 0.255 e. The number of carbonyl (C=O) groups is 1. The molecule has 0 saturated carbocycles. The lowest BCUT2D eigenvalue weighted by Gasteiger charge is -2.30. The minimum atomic E-state index is -0.115. The Morgan fingerprint density at radius 2 is 1.89 bits per heavy atom. The van der Waals surface area contributed by atoms with E-state index in [1.54, 1.807) is 11.3 Å². The van der Waals surface area contributed by atoms with Crippen molar-refractivity contribution in [3.63, 3.8) is 0 Å². The van der Waals surface area contributed by atoms with Crippen molar-refractivity contribution in [3.05, 3.63) is 112 Å². The Morgan fingerprint density at radius 3 is 2.71 bits per heavy atom. The molecule has 3 heterocycles. The van der Waals surface area contributed by atoms with E-state index in [9.17, 15) is 4.79 Å². The summed E-state index contributed by atoms with van der Waals surface area (Å²) in [6.07, 6.45) is 2.09. The fraction of sp³-hybridized carbons (Fsp3) is 0.125. The second-order valence-corrected chi connectivity index (χ2v) is 8.13. The van der Waals surface area contributed by atoms with Gasteiger partial charge in [0.2, 0.25) is 0 Å². The lowest BCUT2D eigenvalue weighted by Crippen LogP contribution is -2.34. The SMILES string of the molecule is Cc1cccc(C(=O)N2Cc3ccccc3-n3cccc3[C@@H]2c2cccs2)c1. The van der Waals surface area contributed by atoms with Crippen molar-refractivity contribution in [1.82, 2.24) is 9.47 Å². The zero-order valence-corrected chi connectivity index (χ0v) is 16.4. The minimum absolute atomic E-state index is 0.0616. The van der Waals surface area contributed by atoms with Crippen LogP contribution in [0.2, 0.25) is 0 Å². The molecule has 0 fully saturated rings. The van der Waals surface area contributed by atoms with Crippen molar-refractivity contribution in [2.24, 2.45) is 0 Å². The molecule has 0 bridgehead atoms. The summed E-state index contributed by atoms with van der Waals surface area (Å²) in [5, 5.41) is 2.08. The van der Waals surface area contributed by atoms with Gasteiger partial charge in [-0.25, -0.2) is 0 Å². The van der Waals surface area contributed by atoms with Gasteiger partial charge in [0.05, 0.1) is 11.4 Å². The molecule has 1 aliphatic rings. The number of hydrogen-bond donors (Lipinski definition) is 0. The van der Waals surface area contributed by atoms with Crippen LogP contribution >= 0.6 is 11.3 Å². The zero-order chi connectivity index (χ0) is 19.1. The van der Waals surface area contributed by atoms with Gasteiger partial charge in [-0.05, 0) is 54.3 Å². The maximum Gasteiger partial charge on any atom is 0.255 e. The highest BCUT2D eigenvalue weighted by Crippen LogP contribution is 2.38. The van der Waals surface area contributed by atoms with E-state index < -0.39 is 0 Å². The minimum Gasteiger partial charge on any atom is -0.321 e. The molecule has 0 N–H and O–H groups in total. The molecule has 138 valence electrons. The first-order chi connectivity index (χ1) is 13.7. The highest BCUT2D eigenvalue weighted by molar-refractivity contribution is 7.10. The summed E-state index contributed by atoms with van der Waals surface area (Å²) >= 11 is 1.70. The summed E-state index contributed by atoms with van der Waals surface area (Å²) in [4.78, 5) is 16.9. The van der Waals surface area contributed by atoms with Gasteiger partial charge in [0.25, 0.3) is 5.91 Å². The third kappa shape index (κ3) is 2.77. The Kier molecular flexibility index (Phi) is 4.14. The maximum atomic E-state index is 13.7. The van der Waals surface area contributed by atoms with Gasteiger partial charge < -0.3 is 9.47 Å². The number of carbonyl (C=O) groups excluding carboxylic acids is 1. The molecule has 0 saturated heterocycles. The molecule has 2 aromatic carbocycles. The summed E-state index contributed by atoms with van der Waals surface area (Å²) in [7, 11) is 0. The van der Waals surface area contributed by atoms with Crippen LogP contribution in [0.15, 0.2) is 84.4 Å². The largest absolute Gasteiger partial charge is 0.321 e. The number of nitrogens with zero attached hydrogens (tertiary/aromatic N) is 2. The van der Waals surface area contributed by atoms with E-state index in [4.69, 9.17) is 0 Å². The first kappa shape index (κ1) is 17.0. The maximum absolute atomic E-state index is 13.7. The van der Waals surface area contributed by atoms with Crippen LogP contribution in [-0.4, -0.2) is 15.4 Å². The summed E-state index contributed by atoms with van der Waals surface area (Å²) < 4.78 is 2.23. The Hall–Kier alpha value is -3.11. The van der Waals surface area contributed by atoms with Crippen molar-refractivity contribution in [3.8, 4) is 5.69 Å². The van der Waals surface area contributed by atoms with Crippen LogP contribution in [0.3, 0.4) is 0 Å². The number of rotatable bonds is 2. The summed E-state index contributed by atoms with van der Waals surface area (Å²) in [5.74, 6) is 0.0616. The van der Waals surface area contributed by atoms with Crippen molar-refractivity contribution >= 4 is 17.2 Å². The number of amides is 1. The fourth-order valence-electron chi connectivity index (χ4n) is 4.03. The van der Waals surface area contributed by atoms with Crippen LogP contribution in [0.25, 0.3) is 5.69 Å². The van der Waals surface area contributed by atoms with Crippen LogP contribution in [0.4, 0.5) is 0 Å². The third-order valence-electron chi connectivity index (χ3n) is 5.30. The van der Waals surface area contributed by atoms with Gasteiger partial charge in [-0.2, -0.15) is 0 Å². The molecule has 1 atom stereocenters. The second kappa shape index (κ2) is 6.80. The quantitative estimate of drug-likeness (QED) is 0.442. The topological polar surface area (TPSA) is 25.2 Å². The van der Waals surface area contributed by atoms with E-state index in [1.165, 1.54) is 4.88 Å². The Morgan fingerprint density at radius 1 is 1.00 bits per heavy atom. The average molecular weight is 385 g/mol. The molecular weight excluding hydrogens is 364 g/mol. The number of benzene rings is 2. The van der Waals surface area contributed by atoms with Crippen molar-refractivity contribution in [1.29, 1.82) is 0 Å². The first-order valence-electron chi connectivity index (χ1n) is 9.39. The van der Waals surface area contributed by atoms with Gasteiger partial charge in [-0.15, -0.1) is 11.3 Å². The number of thiophene rings is 1. The van der Waals surface area contributed by atoms with Gasteiger partial charge in [-0.3, -0.25) is 4.79 Å². The van der Waals surface area contributed by atoms with E-state index in [0.29, 0.717) is 6.54 Å². The molecule has 5 rings (SSSR count). The highest BCUT2D eigenvalue weighted by atomic mass is 32.1. The molecule has 0 aliphatic carbocycles. The molecule has 28 heavy (non-hydrogen) atoms. The molecular formula is C24H20N2OS. The van der Waals surface area contributed by atoms with Gasteiger partial charge in [0.15, 0.2) is 0 Å². The number of fused-ring (bicyclic) bond motifs is 3. The molecule has 0 spiro atoms. The third-order valence-corrected chi connectivity index (χ3v) is 6.23. The number of para-hydroxylation sites is 1. The zero-order valence-electron chi connectivity index (χ0n) is 15.6. The van der Waals surface area contributed by atoms with E-state index in [2.05, 4.69) is 58.6 Å². The van der Waals surface area contributed by atoms with E-state index in [0.717, 1.165) is 28.1 Å². The molecule has 3 nitrogen and oxygen atoms in total. The number of aromatic nitrogens is 1. The summed E-state index contributed by atoms with van der Waals surface area (Å²) in [5.41, 5.74) is 5.24. The van der Waals surface area contributed by atoms with Crippen LogP contribution in [-0.2, 0) is 6.54 Å². The standard InChI is InChI=1S/C24H20N2OS/c1-17-7-4-9-18(15-17)24(27)26-16-19-8-2-3-10-20(19)25-13-5-11-21(25)23(26)22-12-6-14-28-22/h2-15,23H,16H2,1H3/t23-/m1/s1. The Balaban J connectivity index is 1.71. The molecule has 0 radical (unpaired) electrons. The second-order valence-electron chi connectivity index (χ2n) is 7.15. The Labute approximate surface area is 168 Å². The molecule has 2 aromatic heterocycles. The van der Waals surface area contributed by atoms with Gasteiger partial charge in [0, 0.05) is 23.2 Å². The predicted octanol–water partition coefficient (Wildman–Crippen LogP) is 5.59. The molecule has 4 heteroatoms. The average Bonchev–Trinajstić information content (AvgIpc) is 3.38. The van der Waals surface area contributed by atoms with Crippen LogP contribution < -0.4 is 0 Å². The fourth-order valence-corrected chi connectivity index (χ4v) is 4.88. The summed E-state index contributed by atoms with van der Waals surface area (Å²) in [6, 6.07) is 24.5. The summed E-state index contributed by atoms with van der Waals surface area (Å²) in [6.45, 7) is 2.60. The number of hydrogen-bond acceptors (Lipinski definition) is 2. The van der Waals surface area contributed by atoms with Crippen LogP contribution in [0.5, 0.6) is 0 Å². The molecule has 1 aliphatic heterocycles. The van der Waals surface area contributed by atoms with Crippen molar-refractivity contribution in [2.75, 3.05) is 0 Å². The van der Waals surface area contributed by atoms with Crippen LogP contribution in [0, 0.1) is 6.92 Å². The molecule has 0 unspecified atom stereocenters.